The van der Waals surface area contributed by atoms with Gasteiger partial charge in [-0.2, -0.15) is 0 Å². The number of aromatic amines is 1. The van der Waals surface area contributed by atoms with E-state index in [1.54, 1.807) is 41.9 Å². The predicted molar refractivity (Wildman–Crippen MR) is 92.6 cm³/mol. The average Bonchev–Trinajstić information content (AvgIpc) is 3.23. The zero-order chi connectivity index (χ0) is 17.1. The standard InChI is InChI=1S/C16H12ClN3O3S/c1-23-15(22)12-6-10(7-18-12)13-8-24-16(19-13)20-14(21)9-2-4-11(17)5-3-9/h2-8,18H,1H3,(H,19,20,21). The molecule has 1 amide bonds. The van der Waals surface area contributed by atoms with Gasteiger partial charge in [-0.15, -0.1) is 11.3 Å². The Kier molecular flexibility index (Phi) is 4.64. The summed E-state index contributed by atoms with van der Waals surface area (Å²) in [6.45, 7) is 0. The van der Waals surface area contributed by atoms with Gasteiger partial charge in [-0.3, -0.25) is 10.1 Å². The minimum atomic E-state index is -0.451. The summed E-state index contributed by atoms with van der Waals surface area (Å²) in [4.78, 5) is 30.8. The molecule has 0 radical (unpaired) electrons. The Balaban J connectivity index is 1.73. The first-order valence-corrected chi connectivity index (χ1v) is 8.12. The molecule has 1 aromatic carbocycles. The van der Waals surface area contributed by atoms with E-state index in [9.17, 15) is 9.59 Å². The number of carbonyl (C=O) groups is 2. The molecule has 2 aromatic heterocycles. The van der Waals surface area contributed by atoms with Crippen LogP contribution in [-0.4, -0.2) is 29.0 Å². The molecule has 0 aliphatic rings. The minimum absolute atomic E-state index is 0.267. The van der Waals surface area contributed by atoms with Gasteiger partial charge in [-0.05, 0) is 30.3 Å². The number of esters is 1. The third-order valence-electron chi connectivity index (χ3n) is 3.22. The van der Waals surface area contributed by atoms with Gasteiger partial charge >= 0.3 is 5.97 Å². The van der Waals surface area contributed by atoms with Gasteiger partial charge in [-0.1, -0.05) is 11.6 Å². The van der Waals surface area contributed by atoms with E-state index in [0.29, 0.717) is 27.1 Å². The molecule has 0 saturated heterocycles. The molecule has 0 atom stereocenters. The topological polar surface area (TPSA) is 84.1 Å². The molecule has 0 unspecified atom stereocenters. The van der Waals surface area contributed by atoms with Crippen molar-refractivity contribution in [2.24, 2.45) is 0 Å². The summed E-state index contributed by atoms with van der Waals surface area (Å²) in [7, 11) is 1.32. The molecule has 8 heteroatoms. The Morgan fingerprint density at radius 1 is 1.29 bits per heavy atom. The Labute approximate surface area is 146 Å². The second kappa shape index (κ2) is 6.86. The van der Waals surface area contributed by atoms with Crippen LogP contribution in [0.4, 0.5) is 5.13 Å². The van der Waals surface area contributed by atoms with Gasteiger partial charge in [0.2, 0.25) is 0 Å². The molecule has 0 spiro atoms. The smallest absolute Gasteiger partial charge is 0.354 e. The first kappa shape index (κ1) is 16.2. The molecule has 122 valence electrons. The number of benzene rings is 1. The van der Waals surface area contributed by atoms with Crippen LogP contribution < -0.4 is 5.32 Å². The van der Waals surface area contributed by atoms with Gasteiger partial charge < -0.3 is 9.72 Å². The van der Waals surface area contributed by atoms with Crippen LogP contribution in [0.15, 0.2) is 41.9 Å². The minimum Gasteiger partial charge on any atom is -0.464 e. The van der Waals surface area contributed by atoms with Crippen molar-refractivity contribution in [1.82, 2.24) is 9.97 Å². The van der Waals surface area contributed by atoms with Crippen LogP contribution in [0.2, 0.25) is 5.02 Å². The van der Waals surface area contributed by atoms with E-state index >= 15 is 0 Å². The Morgan fingerprint density at radius 3 is 2.75 bits per heavy atom. The number of halogens is 1. The highest BCUT2D eigenvalue weighted by Gasteiger charge is 2.13. The molecule has 0 aliphatic heterocycles. The number of methoxy groups -OCH3 is 1. The zero-order valence-electron chi connectivity index (χ0n) is 12.5. The molecule has 0 aliphatic carbocycles. The van der Waals surface area contributed by atoms with E-state index in [1.165, 1.54) is 18.4 Å². The highest BCUT2D eigenvalue weighted by molar-refractivity contribution is 7.14. The van der Waals surface area contributed by atoms with Crippen molar-refractivity contribution in [3.05, 3.63) is 58.2 Å². The van der Waals surface area contributed by atoms with Crippen LogP contribution in [-0.2, 0) is 4.74 Å². The number of carbonyl (C=O) groups excluding carboxylic acids is 2. The summed E-state index contributed by atoms with van der Waals surface area (Å²) >= 11 is 7.10. The number of rotatable bonds is 4. The lowest BCUT2D eigenvalue weighted by Crippen LogP contribution is -2.11. The largest absolute Gasteiger partial charge is 0.464 e. The van der Waals surface area contributed by atoms with Crippen LogP contribution in [0.25, 0.3) is 11.3 Å². The SMILES string of the molecule is COC(=O)c1cc(-c2csc(NC(=O)c3ccc(Cl)cc3)n2)c[nH]1. The van der Waals surface area contributed by atoms with Crippen LogP contribution in [0.3, 0.4) is 0 Å². The number of H-pyrrole nitrogens is 1. The molecule has 0 fully saturated rings. The number of anilines is 1. The number of thiazole rings is 1. The van der Waals surface area contributed by atoms with Crippen LogP contribution >= 0.6 is 22.9 Å². The van der Waals surface area contributed by atoms with Gasteiger partial charge in [0.1, 0.15) is 5.69 Å². The molecule has 24 heavy (non-hydrogen) atoms. The maximum absolute atomic E-state index is 12.1. The monoisotopic (exact) mass is 361 g/mol. The number of hydrogen-bond donors (Lipinski definition) is 2. The Morgan fingerprint density at radius 2 is 2.04 bits per heavy atom. The Hall–Kier alpha value is -2.64. The van der Waals surface area contributed by atoms with Crippen LogP contribution in [0.1, 0.15) is 20.8 Å². The van der Waals surface area contributed by atoms with E-state index in [4.69, 9.17) is 11.6 Å². The van der Waals surface area contributed by atoms with Gasteiger partial charge in [0, 0.05) is 27.7 Å². The summed E-state index contributed by atoms with van der Waals surface area (Å²) in [5, 5.41) is 5.56. The molecule has 0 bridgehead atoms. The summed E-state index contributed by atoms with van der Waals surface area (Å²) in [5.74, 6) is -0.718. The molecular formula is C16H12ClN3O3S. The molecular weight excluding hydrogens is 350 g/mol. The first-order valence-electron chi connectivity index (χ1n) is 6.86. The highest BCUT2D eigenvalue weighted by atomic mass is 35.5. The number of hydrogen-bond acceptors (Lipinski definition) is 5. The quantitative estimate of drug-likeness (QED) is 0.692. The fraction of sp³-hybridized carbons (Fsp3) is 0.0625. The average molecular weight is 362 g/mol. The zero-order valence-corrected chi connectivity index (χ0v) is 14.1. The fourth-order valence-electron chi connectivity index (χ4n) is 2.00. The van der Waals surface area contributed by atoms with Crippen molar-refractivity contribution >= 4 is 39.9 Å². The lowest BCUT2D eigenvalue weighted by molar-refractivity contribution is 0.0594. The Bertz CT molecular complexity index is 886. The lowest BCUT2D eigenvalue weighted by Gasteiger charge is -2.01. The normalized spacial score (nSPS) is 10.4. The van der Waals surface area contributed by atoms with Gasteiger partial charge in [-0.25, -0.2) is 9.78 Å². The molecule has 3 rings (SSSR count). The molecule has 2 N–H and O–H groups in total. The molecule has 3 aromatic rings. The third kappa shape index (κ3) is 3.47. The molecule has 6 nitrogen and oxygen atoms in total. The van der Waals surface area contributed by atoms with Crippen molar-refractivity contribution in [3.8, 4) is 11.3 Å². The van der Waals surface area contributed by atoms with E-state index in [-0.39, 0.29) is 5.91 Å². The number of nitrogens with one attached hydrogen (secondary N) is 2. The van der Waals surface area contributed by atoms with Crippen molar-refractivity contribution < 1.29 is 14.3 Å². The van der Waals surface area contributed by atoms with Crippen molar-refractivity contribution in [3.63, 3.8) is 0 Å². The fourth-order valence-corrected chi connectivity index (χ4v) is 2.85. The van der Waals surface area contributed by atoms with E-state index in [1.807, 2.05) is 0 Å². The van der Waals surface area contributed by atoms with Crippen molar-refractivity contribution in [1.29, 1.82) is 0 Å². The molecule has 2 heterocycles. The van der Waals surface area contributed by atoms with Gasteiger partial charge in [0.05, 0.1) is 12.8 Å². The number of aromatic nitrogens is 2. The van der Waals surface area contributed by atoms with Crippen molar-refractivity contribution in [2.75, 3.05) is 12.4 Å². The van der Waals surface area contributed by atoms with Crippen molar-refractivity contribution in [2.45, 2.75) is 0 Å². The summed E-state index contributed by atoms with van der Waals surface area (Å²) in [6, 6.07) is 8.23. The van der Waals surface area contributed by atoms with E-state index < -0.39 is 5.97 Å². The first-order chi connectivity index (χ1) is 11.6. The van der Waals surface area contributed by atoms with Crippen LogP contribution in [0.5, 0.6) is 0 Å². The van der Waals surface area contributed by atoms with Crippen LogP contribution in [0, 0.1) is 0 Å². The number of amides is 1. The second-order valence-corrected chi connectivity index (χ2v) is 6.09. The van der Waals surface area contributed by atoms with E-state index in [2.05, 4.69) is 20.0 Å². The maximum atomic E-state index is 12.1. The van der Waals surface area contributed by atoms with Gasteiger partial charge in [0.15, 0.2) is 5.13 Å². The highest BCUT2D eigenvalue weighted by Crippen LogP contribution is 2.26. The summed E-state index contributed by atoms with van der Waals surface area (Å²) in [5.41, 5.74) is 2.22. The van der Waals surface area contributed by atoms with E-state index in [0.717, 1.165) is 5.56 Å². The molecule has 0 saturated carbocycles. The maximum Gasteiger partial charge on any atom is 0.354 e. The number of nitrogens with zero attached hydrogens (tertiary/aromatic N) is 1. The number of ether oxygens (including phenoxy) is 1. The predicted octanol–water partition coefficient (Wildman–Crippen LogP) is 3.83. The second-order valence-electron chi connectivity index (χ2n) is 4.79. The van der Waals surface area contributed by atoms with Gasteiger partial charge in [0.25, 0.3) is 5.91 Å². The summed E-state index contributed by atoms with van der Waals surface area (Å²) < 4.78 is 4.65. The lowest BCUT2D eigenvalue weighted by atomic mass is 10.2. The summed E-state index contributed by atoms with van der Waals surface area (Å²) in [6.07, 6.45) is 1.66. The third-order valence-corrected chi connectivity index (χ3v) is 4.22.